The van der Waals surface area contributed by atoms with Crippen LogP contribution >= 0.6 is 0 Å². The first-order valence-corrected chi connectivity index (χ1v) is 7.98. The second kappa shape index (κ2) is 8.23. The first-order chi connectivity index (χ1) is 8.97. The summed E-state index contributed by atoms with van der Waals surface area (Å²) in [5, 5.41) is 3.47. The van der Waals surface area contributed by atoms with E-state index < -0.39 is 0 Å². The van der Waals surface area contributed by atoms with Crippen LogP contribution in [0.5, 0.6) is 0 Å². The highest BCUT2D eigenvalue weighted by molar-refractivity contribution is 4.81. The zero-order chi connectivity index (χ0) is 14.3. The lowest BCUT2D eigenvalue weighted by molar-refractivity contribution is -0.00164. The smallest absolute Gasteiger partial charge is 0.0702 e. The number of nitrogens with one attached hydrogen (secondary N) is 1. The predicted octanol–water partition coefficient (Wildman–Crippen LogP) is 2.90. The molecule has 2 atom stereocenters. The van der Waals surface area contributed by atoms with Crippen molar-refractivity contribution >= 4 is 0 Å². The van der Waals surface area contributed by atoms with Crippen LogP contribution < -0.4 is 5.32 Å². The normalized spacial score (nSPS) is 23.5. The van der Waals surface area contributed by atoms with Crippen molar-refractivity contribution in [3.8, 4) is 0 Å². The Morgan fingerprint density at radius 3 is 2.68 bits per heavy atom. The van der Waals surface area contributed by atoms with Crippen LogP contribution in [-0.4, -0.2) is 50.3 Å². The van der Waals surface area contributed by atoms with Gasteiger partial charge in [0.25, 0.3) is 0 Å². The minimum Gasteiger partial charge on any atom is -0.377 e. The SMILES string of the molecule is CCCOC1CCCN(CCC(NC)C(C)(C)C)C1. The number of likely N-dealkylation sites (tertiary alicyclic amines) is 1. The van der Waals surface area contributed by atoms with E-state index in [-0.39, 0.29) is 0 Å². The number of hydrogen-bond acceptors (Lipinski definition) is 3. The van der Waals surface area contributed by atoms with Crippen molar-refractivity contribution in [1.82, 2.24) is 10.2 Å². The third-order valence-electron chi connectivity index (χ3n) is 4.15. The molecule has 0 bridgehead atoms. The quantitative estimate of drug-likeness (QED) is 0.770. The standard InChI is InChI=1S/C16H34N2O/c1-6-12-19-14-8-7-10-18(13-14)11-9-15(17-5)16(2,3)4/h14-15,17H,6-13H2,1-5H3. The number of hydrogen-bond donors (Lipinski definition) is 1. The Morgan fingerprint density at radius 2 is 2.11 bits per heavy atom. The molecule has 2 unspecified atom stereocenters. The topological polar surface area (TPSA) is 24.5 Å². The minimum absolute atomic E-state index is 0.336. The van der Waals surface area contributed by atoms with Gasteiger partial charge in [-0.1, -0.05) is 27.7 Å². The fraction of sp³-hybridized carbons (Fsp3) is 1.00. The number of piperidine rings is 1. The third-order valence-corrected chi connectivity index (χ3v) is 4.15. The Balaban J connectivity index is 2.32. The van der Waals surface area contributed by atoms with E-state index in [0.29, 0.717) is 17.6 Å². The predicted molar refractivity (Wildman–Crippen MR) is 82.6 cm³/mol. The molecule has 114 valence electrons. The summed E-state index contributed by atoms with van der Waals surface area (Å²) in [6, 6.07) is 0.587. The molecule has 0 aromatic rings. The molecule has 1 rings (SSSR count). The van der Waals surface area contributed by atoms with Crippen LogP contribution in [0.2, 0.25) is 0 Å². The van der Waals surface area contributed by atoms with E-state index in [9.17, 15) is 0 Å². The van der Waals surface area contributed by atoms with Gasteiger partial charge in [0.1, 0.15) is 0 Å². The van der Waals surface area contributed by atoms with Crippen molar-refractivity contribution < 1.29 is 4.74 Å². The molecule has 1 N–H and O–H groups in total. The molecule has 3 heteroatoms. The minimum atomic E-state index is 0.336. The summed E-state index contributed by atoms with van der Waals surface area (Å²) in [5.74, 6) is 0. The maximum Gasteiger partial charge on any atom is 0.0702 e. The average molecular weight is 270 g/mol. The molecule has 3 nitrogen and oxygen atoms in total. The van der Waals surface area contributed by atoms with Gasteiger partial charge in [0.05, 0.1) is 6.10 Å². The van der Waals surface area contributed by atoms with Crippen molar-refractivity contribution in [3.63, 3.8) is 0 Å². The molecule has 0 aromatic heterocycles. The molecule has 1 aliphatic heterocycles. The Kier molecular flexibility index (Phi) is 7.33. The van der Waals surface area contributed by atoms with E-state index in [4.69, 9.17) is 4.74 Å². The summed E-state index contributed by atoms with van der Waals surface area (Å²) < 4.78 is 5.91. The molecular weight excluding hydrogens is 236 g/mol. The maximum atomic E-state index is 5.91. The molecule has 1 heterocycles. The molecular formula is C16H34N2O. The Morgan fingerprint density at radius 1 is 1.37 bits per heavy atom. The third kappa shape index (κ3) is 6.24. The van der Waals surface area contributed by atoms with Gasteiger partial charge in [-0.05, 0) is 51.2 Å². The summed E-state index contributed by atoms with van der Waals surface area (Å²) in [5.41, 5.74) is 0.336. The van der Waals surface area contributed by atoms with Crippen LogP contribution in [-0.2, 0) is 4.74 Å². The summed E-state index contributed by atoms with van der Waals surface area (Å²) >= 11 is 0. The molecule has 1 aliphatic rings. The van der Waals surface area contributed by atoms with Gasteiger partial charge in [-0.3, -0.25) is 0 Å². The Hall–Kier alpha value is -0.120. The highest BCUT2D eigenvalue weighted by atomic mass is 16.5. The molecule has 0 amide bonds. The second-order valence-corrected chi connectivity index (χ2v) is 6.93. The van der Waals surface area contributed by atoms with E-state index >= 15 is 0 Å². The van der Waals surface area contributed by atoms with Crippen LogP contribution in [0.15, 0.2) is 0 Å². The second-order valence-electron chi connectivity index (χ2n) is 6.93. The van der Waals surface area contributed by atoms with Crippen molar-refractivity contribution in [1.29, 1.82) is 0 Å². The van der Waals surface area contributed by atoms with Gasteiger partial charge < -0.3 is 15.0 Å². The largest absolute Gasteiger partial charge is 0.377 e. The highest BCUT2D eigenvalue weighted by Crippen LogP contribution is 2.22. The van der Waals surface area contributed by atoms with Crippen LogP contribution in [0.4, 0.5) is 0 Å². The van der Waals surface area contributed by atoms with Crippen molar-refractivity contribution in [2.75, 3.05) is 33.3 Å². The summed E-state index contributed by atoms with van der Waals surface area (Å²) in [4.78, 5) is 2.58. The van der Waals surface area contributed by atoms with Gasteiger partial charge in [0, 0.05) is 19.2 Å². The lowest BCUT2D eigenvalue weighted by Gasteiger charge is -2.36. The molecule has 1 saturated heterocycles. The first kappa shape index (κ1) is 16.9. The van der Waals surface area contributed by atoms with Gasteiger partial charge >= 0.3 is 0 Å². The molecule has 19 heavy (non-hydrogen) atoms. The van der Waals surface area contributed by atoms with Crippen LogP contribution in [0.3, 0.4) is 0 Å². The molecule has 0 aliphatic carbocycles. The van der Waals surface area contributed by atoms with Gasteiger partial charge in [-0.25, -0.2) is 0 Å². The zero-order valence-electron chi connectivity index (χ0n) is 13.7. The van der Waals surface area contributed by atoms with Crippen molar-refractivity contribution in [3.05, 3.63) is 0 Å². The molecule has 1 fully saturated rings. The fourth-order valence-corrected chi connectivity index (χ4v) is 2.96. The lowest BCUT2D eigenvalue weighted by Crippen LogP contribution is -2.44. The summed E-state index contributed by atoms with van der Waals surface area (Å²) in [6.45, 7) is 13.6. The van der Waals surface area contributed by atoms with Crippen LogP contribution in [0, 0.1) is 5.41 Å². The van der Waals surface area contributed by atoms with Crippen molar-refractivity contribution in [2.24, 2.45) is 5.41 Å². The Labute approximate surface area is 120 Å². The molecule has 0 spiro atoms. The van der Waals surface area contributed by atoms with E-state index in [1.807, 2.05) is 0 Å². The number of ether oxygens (including phenoxy) is 1. The monoisotopic (exact) mass is 270 g/mol. The van der Waals surface area contributed by atoms with Gasteiger partial charge in [0.2, 0.25) is 0 Å². The summed E-state index contributed by atoms with van der Waals surface area (Å²) in [7, 11) is 2.08. The summed E-state index contributed by atoms with van der Waals surface area (Å²) in [6.07, 6.45) is 5.35. The van der Waals surface area contributed by atoms with E-state index in [1.54, 1.807) is 0 Å². The van der Waals surface area contributed by atoms with E-state index in [2.05, 4.69) is 45.0 Å². The van der Waals surface area contributed by atoms with E-state index in [0.717, 1.165) is 19.6 Å². The van der Waals surface area contributed by atoms with Crippen molar-refractivity contribution in [2.45, 2.75) is 65.5 Å². The van der Waals surface area contributed by atoms with Crippen LogP contribution in [0.1, 0.15) is 53.4 Å². The van der Waals surface area contributed by atoms with Gasteiger partial charge in [-0.2, -0.15) is 0 Å². The Bertz CT molecular complexity index is 237. The highest BCUT2D eigenvalue weighted by Gasteiger charge is 2.25. The molecule has 0 radical (unpaired) electrons. The van der Waals surface area contributed by atoms with E-state index in [1.165, 1.54) is 32.4 Å². The zero-order valence-corrected chi connectivity index (χ0v) is 13.7. The molecule has 0 aromatic carbocycles. The first-order valence-electron chi connectivity index (χ1n) is 7.98. The lowest BCUT2D eigenvalue weighted by atomic mass is 9.84. The number of nitrogens with zero attached hydrogens (tertiary/aromatic N) is 1. The maximum absolute atomic E-state index is 5.91. The van der Waals surface area contributed by atoms with Crippen LogP contribution in [0.25, 0.3) is 0 Å². The number of rotatable bonds is 7. The fourth-order valence-electron chi connectivity index (χ4n) is 2.96. The average Bonchev–Trinajstić information content (AvgIpc) is 2.36. The van der Waals surface area contributed by atoms with Gasteiger partial charge in [-0.15, -0.1) is 0 Å². The van der Waals surface area contributed by atoms with Gasteiger partial charge in [0.15, 0.2) is 0 Å². The molecule has 0 saturated carbocycles.